The van der Waals surface area contributed by atoms with Gasteiger partial charge in [0.25, 0.3) is 0 Å². The van der Waals surface area contributed by atoms with E-state index in [1.807, 2.05) is 52.3 Å². The van der Waals surface area contributed by atoms with Crippen LogP contribution in [0.3, 0.4) is 0 Å². The van der Waals surface area contributed by atoms with E-state index >= 15 is 0 Å². The molecule has 0 radical (unpaired) electrons. The number of carbonyl (C=O) groups is 2. The summed E-state index contributed by atoms with van der Waals surface area (Å²) in [6.07, 6.45) is 7.36. The number of piperazine rings is 1. The van der Waals surface area contributed by atoms with Crippen molar-refractivity contribution in [3.8, 4) is 0 Å². The lowest BCUT2D eigenvalue weighted by atomic mass is 9.88. The van der Waals surface area contributed by atoms with Crippen molar-refractivity contribution < 1.29 is 9.59 Å². The minimum atomic E-state index is -0.286. The van der Waals surface area contributed by atoms with E-state index in [9.17, 15) is 9.59 Å². The smallest absolute Gasteiger partial charge is 0.245 e. The molecule has 3 aromatic rings. The third-order valence-corrected chi connectivity index (χ3v) is 11.0. The molecule has 7 atom stereocenters. The molecule has 7 unspecified atom stereocenters. The quantitative estimate of drug-likeness (QED) is 0.108. The zero-order valence-electron chi connectivity index (χ0n) is 31.8. The van der Waals surface area contributed by atoms with Gasteiger partial charge in [0.2, 0.25) is 12.3 Å². The van der Waals surface area contributed by atoms with Gasteiger partial charge in [-0.1, -0.05) is 111 Å². The van der Waals surface area contributed by atoms with Crippen LogP contribution in [-0.2, 0) is 29.0 Å². The minimum absolute atomic E-state index is 0.145. The van der Waals surface area contributed by atoms with Crippen molar-refractivity contribution in [1.82, 2.24) is 25.3 Å². The van der Waals surface area contributed by atoms with E-state index in [0.29, 0.717) is 31.5 Å². The molecule has 6 N–H and O–H groups in total. The zero-order valence-corrected chi connectivity index (χ0v) is 31.8. The summed E-state index contributed by atoms with van der Waals surface area (Å²) in [5.74, 6) is 0.145. The molecule has 9 heteroatoms. The predicted molar refractivity (Wildman–Crippen MR) is 216 cm³/mol. The Morgan fingerprint density at radius 2 is 1.42 bits per heavy atom. The Morgan fingerprint density at radius 1 is 0.849 bits per heavy atom. The van der Waals surface area contributed by atoms with Crippen LogP contribution in [0.15, 0.2) is 116 Å². The first kappa shape index (κ1) is 39.8. The maximum absolute atomic E-state index is 13.4. The van der Waals surface area contributed by atoms with Crippen LogP contribution in [0.5, 0.6) is 0 Å². The standard InChI is InChI=1S/C31H45N5O.C13H16N2O/c1-22(13-11-12-18-32)36-23(2)19-30(31(36)37)35-25(4)29(21-27-16-9-6-10-17-27)34-24(3)28(33)20-26-14-7-5-8-15-26;16-10-15-12-6-13(15)9-14(8-12)7-11-4-2-1-3-5-11/h5-10,14-17,22-23,28-30,34-35H,3-4,11-13,18-21,32-33H2,1-2H3;1-5,10,12-13H,6-9H2. The molecule has 53 heavy (non-hydrogen) atoms. The van der Waals surface area contributed by atoms with Crippen LogP contribution >= 0.6 is 0 Å². The molecule has 4 fully saturated rings. The highest BCUT2D eigenvalue weighted by Gasteiger charge is 2.43. The number of unbranched alkanes of at least 4 members (excludes halogenated alkanes) is 1. The van der Waals surface area contributed by atoms with Crippen LogP contribution in [0.1, 0.15) is 62.6 Å². The normalized spacial score (nSPS) is 22.5. The number of hydrogen-bond donors (Lipinski definition) is 4. The third-order valence-electron chi connectivity index (χ3n) is 11.0. The number of fused-ring (bicyclic) bond motifs is 2. The van der Waals surface area contributed by atoms with Crippen LogP contribution in [0, 0.1) is 0 Å². The van der Waals surface area contributed by atoms with Crippen LogP contribution in [0.25, 0.3) is 0 Å². The van der Waals surface area contributed by atoms with Crippen molar-refractivity contribution in [2.24, 2.45) is 11.5 Å². The van der Waals surface area contributed by atoms with Gasteiger partial charge < -0.3 is 31.9 Å². The van der Waals surface area contributed by atoms with E-state index in [1.54, 1.807) is 0 Å². The van der Waals surface area contributed by atoms with Crippen LogP contribution < -0.4 is 22.1 Å². The second-order valence-electron chi connectivity index (χ2n) is 15.2. The highest BCUT2D eigenvalue weighted by Crippen LogP contribution is 2.31. The molecule has 4 saturated heterocycles. The summed E-state index contributed by atoms with van der Waals surface area (Å²) in [7, 11) is 0. The molecular formula is C44H61N7O2. The van der Waals surface area contributed by atoms with Gasteiger partial charge in [0.15, 0.2) is 0 Å². The number of nitrogens with zero attached hydrogens (tertiary/aromatic N) is 3. The number of rotatable bonds is 18. The van der Waals surface area contributed by atoms with E-state index < -0.39 is 0 Å². The molecule has 0 aromatic heterocycles. The van der Waals surface area contributed by atoms with Crippen molar-refractivity contribution in [3.63, 3.8) is 0 Å². The Hall–Kier alpha value is -4.44. The Balaban J connectivity index is 0.000000278. The highest BCUT2D eigenvalue weighted by atomic mass is 16.2. The lowest BCUT2D eigenvalue weighted by Crippen LogP contribution is -2.67. The molecule has 0 aliphatic carbocycles. The second kappa shape index (κ2) is 19.6. The van der Waals surface area contributed by atoms with E-state index in [2.05, 4.69) is 91.1 Å². The number of likely N-dealkylation sites (tertiary alicyclic amines) is 1. The maximum Gasteiger partial charge on any atom is 0.245 e. The third kappa shape index (κ3) is 11.0. The van der Waals surface area contributed by atoms with Crippen LogP contribution in [0.4, 0.5) is 0 Å². The summed E-state index contributed by atoms with van der Waals surface area (Å²) in [5, 5.41) is 7.01. The number of amides is 2. The number of benzene rings is 3. The minimum Gasteiger partial charge on any atom is -0.379 e. The van der Waals surface area contributed by atoms with Crippen LogP contribution in [-0.4, -0.2) is 88.9 Å². The van der Waals surface area contributed by atoms with Gasteiger partial charge in [-0.15, -0.1) is 0 Å². The molecule has 9 nitrogen and oxygen atoms in total. The van der Waals surface area contributed by atoms with Gasteiger partial charge in [-0.05, 0) is 75.6 Å². The first-order valence-corrected chi connectivity index (χ1v) is 19.4. The zero-order chi connectivity index (χ0) is 37.7. The fourth-order valence-corrected chi connectivity index (χ4v) is 8.07. The monoisotopic (exact) mass is 719 g/mol. The lowest BCUT2D eigenvalue weighted by molar-refractivity contribution is -0.139. The first-order chi connectivity index (χ1) is 25.7. The van der Waals surface area contributed by atoms with Crippen molar-refractivity contribution in [3.05, 3.63) is 132 Å². The SMILES string of the molecule is C=C(NC(Cc1ccccc1)C(=C)NC1CC(C)N(C(C)CCCCN)C1=O)C(N)Cc1ccccc1.O=CN1C2CC1CN(Cc1ccccc1)C2. The summed E-state index contributed by atoms with van der Waals surface area (Å²) in [6, 6.07) is 31.6. The number of carbonyl (C=O) groups excluding carboxylic acids is 2. The molecule has 3 aromatic carbocycles. The van der Waals surface area contributed by atoms with Crippen molar-refractivity contribution in [2.45, 2.75) is 108 Å². The fourth-order valence-electron chi connectivity index (χ4n) is 8.07. The molecule has 4 aliphatic rings. The summed E-state index contributed by atoms with van der Waals surface area (Å²) in [5.41, 5.74) is 17.4. The van der Waals surface area contributed by atoms with E-state index in [0.717, 1.165) is 63.1 Å². The molecule has 0 saturated carbocycles. The lowest BCUT2D eigenvalue weighted by Gasteiger charge is -2.54. The van der Waals surface area contributed by atoms with Gasteiger partial charge in [0.1, 0.15) is 6.04 Å². The predicted octanol–water partition coefficient (Wildman–Crippen LogP) is 4.98. The number of nitrogens with two attached hydrogens (primary N) is 2. The molecule has 7 rings (SSSR count). The first-order valence-electron chi connectivity index (χ1n) is 19.4. The van der Waals surface area contributed by atoms with Gasteiger partial charge in [0.05, 0.1) is 6.04 Å². The largest absolute Gasteiger partial charge is 0.379 e. The van der Waals surface area contributed by atoms with Gasteiger partial charge in [-0.3, -0.25) is 14.5 Å². The Labute approximate surface area is 317 Å². The summed E-state index contributed by atoms with van der Waals surface area (Å²) < 4.78 is 0. The Morgan fingerprint density at radius 3 is 1.98 bits per heavy atom. The second-order valence-corrected chi connectivity index (χ2v) is 15.2. The summed E-state index contributed by atoms with van der Waals surface area (Å²) in [4.78, 5) is 30.6. The highest BCUT2D eigenvalue weighted by molar-refractivity contribution is 5.85. The average molecular weight is 720 g/mol. The number of piperidine rings is 1. The van der Waals surface area contributed by atoms with Crippen molar-refractivity contribution in [2.75, 3.05) is 19.6 Å². The molecule has 2 amide bonds. The van der Waals surface area contributed by atoms with Gasteiger partial charge in [-0.2, -0.15) is 0 Å². The number of nitrogens with one attached hydrogen (secondary N) is 2. The van der Waals surface area contributed by atoms with Gasteiger partial charge >= 0.3 is 0 Å². The van der Waals surface area contributed by atoms with Crippen molar-refractivity contribution >= 4 is 12.3 Å². The molecule has 0 spiro atoms. The van der Waals surface area contributed by atoms with Crippen LogP contribution in [0.2, 0.25) is 0 Å². The van der Waals surface area contributed by atoms with E-state index in [1.165, 1.54) is 23.1 Å². The van der Waals surface area contributed by atoms with E-state index in [-0.39, 0.29) is 36.1 Å². The van der Waals surface area contributed by atoms with Gasteiger partial charge in [0, 0.05) is 61.2 Å². The molecule has 4 aliphatic heterocycles. The fraction of sp³-hybridized carbons (Fsp3) is 0.455. The number of hydrogen-bond acceptors (Lipinski definition) is 7. The maximum atomic E-state index is 13.4. The Kier molecular flexibility index (Phi) is 14.7. The Bertz CT molecular complexity index is 1590. The van der Waals surface area contributed by atoms with E-state index in [4.69, 9.17) is 11.5 Å². The molecular weight excluding hydrogens is 659 g/mol. The summed E-state index contributed by atoms with van der Waals surface area (Å²) in [6.45, 7) is 16.7. The van der Waals surface area contributed by atoms with Gasteiger partial charge in [-0.25, -0.2) is 0 Å². The topological polar surface area (TPSA) is 120 Å². The summed E-state index contributed by atoms with van der Waals surface area (Å²) >= 11 is 0. The molecule has 284 valence electrons. The molecule has 2 bridgehead atoms. The van der Waals surface area contributed by atoms with Crippen molar-refractivity contribution in [1.29, 1.82) is 0 Å². The average Bonchev–Trinajstić information content (AvgIpc) is 3.44. The molecule has 4 heterocycles.